The monoisotopic (exact) mass is 310 g/mol. The second-order valence-corrected chi connectivity index (χ2v) is 6.54. The van der Waals surface area contributed by atoms with Crippen molar-refractivity contribution in [1.29, 1.82) is 0 Å². The molecule has 5 nitrogen and oxygen atoms in total. The molecule has 0 aliphatic rings. The number of aromatic nitrogens is 1. The molecule has 0 aliphatic heterocycles. The molecule has 1 aromatic carbocycles. The van der Waals surface area contributed by atoms with Crippen LogP contribution in [-0.2, 0) is 23.2 Å². The molecular weight excluding hydrogens is 295 g/mol. The van der Waals surface area contributed by atoms with E-state index < -0.39 is 10.0 Å². The van der Waals surface area contributed by atoms with Gasteiger partial charge in [-0.05, 0) is 29.3 Å². The normalized spacial score (nSPS) is 11.8. The second kappa shape index (κ2) is 6.30. The van der Waals surface area contributed by atoms with Crippen LogP contribution in [0.15, 0.2) is 47.6 Å². The Labute approximate surface area is 122 Å². The summed E-state index contributed by atoms with van der Waals surface area (Å²) in [6.45, 7) is -0.0786. The van der Waals surface area contributed by atoms with Crippen molar-refractivity contribution in [3.8, 4) is 0 Å². The summed E-state index contributed by atoms with van der Waals surface area (Å²) < 4.78 is 38.6. The molecule has 1 N–H and O–H groups in total. The van der Waals surface area contributed by atoms with Gasteiger partial charge in [0.05, 0.1) is 6.61 Å². The SMILES string of the molecule is CN(Cc1ccc(F)cc1)S(=O)(=O)c1ccc(CO)cn1. The Balaban J connectivity index is 2.19. The maximum absolute atomic E-state index is 12.8. The van der Waals surface area contributed by atoms with Crippen LogP contribution in [0.4, 0.5) is 4.39 Å². The lowest BCUT2D eigenvalue weighted by atomic mass is 10.2. The summed E-state index contributed by atoms with van der Waals surface area (Å²) in [7, 11) is -2.29. The topological polar surface area (TPSA) is 70.5 Å². The molecule has 0 atom stereocenters. The van der Waals surface area contributed by atoms with E-state index in [0.717, 1.165) is 4.31 Å². The molecule has 0 spiro atoms. The van der Waals surface area contributed by atoms with Gasteiger partial charge < -0.3 is 5.11 Å². The standard InChI is InChI=1S/C14H15FN2O3S/c1-17(9-11-2-5-13(15)6-3-11)21(19,20)14-7-4-12(10-18)8-16-14/h2-8,18H,9-10H2,1H3. The lowest BCUT2D eigenvalue weighted by Crippen LogP contribution is -2.27. The molecule has 0 aliphatic carbocycles. The number of hydrogen-bond donors (Lipinski definition) is 1. The van der Waals surface area contributed by atoms with Crippen molar-refractivity contribution < 1.29 is 17.9 Å². The van der Waals surface area contributed by atoms with Gasteiger partial charge in [0.25, 0.3) is 10.0 Å². The van der Waals surface area contributed by atoms with E-state index in [0.29, 0.717) is 11.1 Å². The zero-order chi connectivity index (χ0) is 15.5. The van der Waals surface area contributed by atoms with Crippen LogP contribution in [0.5, 0.6) is 0 Å². The fourth-order valence-electron chi connectivity index (χ4n) is 1.75. The van der Waals surface area contributed by atoms with Gasteiger partial charge in [0.1, 0.15) is 5.82 Å². The van der Waals surface area contributed by atoms with Crippen molar-refractivity contribution in [1.82, 2.24) is 9.29 Å². The summed E-state index contributed by atoms with van der Waals surface area (Å²) in [6, 6.07) is 8.48. The third kappa shape index (κ3) is 3.63. The summed E-state index contributed by atoms with van der Waals surface area (Å²) >= 11 is 0. The van der Waals surface area contributed by atoms with E-state index in [1.165, 1.54) is 49.6 Å². The van der Waals surface area contributed by atoms with E-state index >= 15 is 0 Å². The van der Waals surface area contributed by atoms with Gasteiger partial charge in [0.2, 0.25) is 0 Å². The van der Waals surface area contributed by atoms with Crippen LogP contribution in [0.25, 0.3) is 0 Å². The molecule has 2 rings (SSSR count). The predicted octanol–water partition coefficient (Wildman–Crippen LogP) is 1.53. The lowest BCUT2D eigenvalue weighted by Gasteiger charge is -2.16. The molecule has 0 saturated carbocycles. The Morgan fingerprint density at radius 2 is 1.76 bits per heavy atom. The molecule has 0 saturated heterocycles. The van der Waals surface area contributed by atoms with Gasteiger partial charge in [-0.25, -0.2) is 17.8 Å². The third-order valence-electron chi connectivity index (χ3n) is 2.97. The number of nitrogens with zero attached hydrogens (tertiary/aromatic N) is 2. The van der Waals surface area contributed by atoms with Gasteiger partial charge >= 0.3 is 0 Å². The van der Waals surface area contributed by atoms with E-state index in [-0.39, 0.29) is 24.0 Å². The van der Waals surface area contributed by atoms with Crippen molar-refractivity contribution >= 4 is 10.0 Å². The third-order valence-corrected chi connectivity index (χ3v) is 4.69. The summed E-state index contributed by atoms with van der Waals surface area (Å²) in [5.41, 5.74) is 1.21. The maximum atomic E-state index is 12.8. The summed E-state index contributed by atoms with van der Waals surface area (Å²) in [4.78, 5) is 3.85. The first-order valence-corrected chi connectivity index (χ1v) is 7.64. The average Bonchev–Trinajstić information content (AvgIpc) is 2.49. The van der Waals surface area contributed by atoms with Gasteiger partial charge in [-0.15, -0.1) is 0 Å². The minimum absolute atomic E-state index is 0.0932. The van der Waals surface area contributed by atoms with Crippen molar-refractivity contribution in [3.63, 3.8) is 0 Å². The smallest absolute Gasteiger partial charge is 0.260 e. The van der Waals surface area contributed by atoms with Crippen LogP contribution < -0.4 is 0 Å². The minimum Gasteiger partial charge on any atom is -0.392 e. The highest BCUT2D eigenvalue weighted by Gasteiger charge is 2.22. The molecule has 0 unspecified atom stereocenters. The van der Waals surface area contributed by atoms with E-state index in [2.05, 4.69) is 4.98 Å². The molecular formula is C14H15FN2O3S. The first kappa shape index (κ1) is 15.6. The zero-order valence-electron chi connectivity index (χ0n) is 11.4. The van der Waals surface area contributed by atoms with Crippen molar-refractivity contribution in [2.24, 2.45) is 0 Å². The van der Waals surface area contributed by atoms with Crippen LogP contribution in [0.2, 0.25) is 0 Å². The van der Waals surface area contributed by atoms with Crippen molar-refractivity contribution in [2.45, 2.75) is 18.2 Å². The zero-order valence-corrected chi connectivity index (χ0v) is 12.2. The molecule has 0 radical (unpaired) electrons. The maximum Gasteiger partial charge on any atom is 0.260 e. The Morgan fingerprint density at radius 3 is 2.29 bits per heavy atom. The van der Waals surface area contributed by atoms with Gasteiger partial charge in [-0.2, -0.15) is 4.31 Å². The predicted molar refractivity (Wildman–Crippen MR) is 75.2 cm³/mol. The van der Waals surface area contributed by atoms with Crippen LogP contribution in [0, 0.1) is 5.82 Å². The van der Waals surface area contributed by atoms with Crippen LogP contribution in [0.3, 0.4) is 0 Å². The van der Waals surface area contributed by atoms with Gasteiger partial charge in [0.15, 0.2) is 5.03 Å². The highest BCUT2D eigenvalue weighted by Crippen LogP contribution is 2.15. The quantitative estimate of drug-likeness (QED) is 0.909. The van der Waals surface area contributed by atoms with Crippen LogP contribution >= 0.6 is 0 Å². The largest absolute Gasteiger partial charge is 0.392 e. The molecule has 0 bridgehead atoms. The molecule has 0 fully saturated rings. The van der Waals surface area contributed by atoms with Gasteiger partial charge in [-0.3, -0.25) is 0 Å². The molecule has 7 heteroatoms. The van der Waals surface area contributed by atoms with E-state index in [9.17, 15) is 12.8 Å². The number of benzene rings is 1. The summed E-state index contributed by atoms with van der Waals surface area (Å²) in [5.74, 6) is -0.370. The summed E-state index contributed by atoms with van der Waals surface area (Å²) in [5, 5.41) is 8.83. The highest BCUT2D eigenvalue weighted by atomic mass is 32.2. The summed E-state index contributed by atoms with van der Waals surface area (Å²) in [6.07, 6.45) is 1.32. The Hall–Kier alpha value is -1.83. The average molecular weight is 310 g/mol. The van der Waals surface area contributed by atoms with Crippen LogP contribution in [-0.4, -0.2) is 29.9 Å². The lowest BCUT2D eigenvalue weighted by molar-refractivity contribution is 0.281. The second-order valence-electron chi connectivity index (χ2n) is 4.55. The number of hydrogen-bond acceptors (Lipinski definition) is 4. The van der Waals surface area contributed by atoms with E-state index in [1.807, 2.05) is 0 Å². The van der Waals surface area contributed by atoms with Gasteiger partial charge in [-0.1, -0.05) is 18.2 Å². The number of rotatable bonds is 5. The number of sulfonamides is 1. The molecule has 112 valence electrons. The highest BCUT2D eigenvalue weighted by molar-refractivity contribution is 7.89. The number of halogens is 1. The fraction of sp³-hybridized carbons (Fsp3) is 0.214. The minimum atomic E-state index is -3.73. The fourth-order valence-corrected chi connectivity index (χ4v) is 2.81. The Morgan fingerprint density at radius 1 is 1.14 bits per heavy atom. The van der Waals surface area contributed by atoms with Crippen molar-refractivity contribution in [2.75, 3.05) is 7.05 Å². The van der Waals surface area contributed by atoms with Crippen LogP contribution in [0.1, 0.15) is 11.1 Å². The van der Waals surface area contributed by atoms with E-state index in [4.69, 9.17) is 5.11 Å². The molecule has 1 heterocycles. The molecule has 1 aromatic heterocycles. The first-order valence-electron chi connectivity index (χ1n) is 6.20. The number of pyridine rings is 1. The van der Waals surface area contributed by atoms with E-state index in [1.54, 1.807) is 0 Å². The Bertz CT molecular complexity index is 700. The van der Waals surface area contributed by atoms with Gasteiger partial charge in [0, 0.05) is 19.8 Å². The Kier molecular flexibility index (Phi) is 4.66. The number of aliphatic hydroxyl groups is 1. The molecule has 2 aromatic rings. The first-order chi connectivity index (χ1) is 9.93. The van der Waals surface area contributed by atoms with Crippen molar-refractivity contribution in [3.05, 3.63) is 59.5 Å². The molecule has 21 heavy (non-hydrogen) atoms. The molecule has 0 amide bonds. The number of aliphatic hydroxyl groups excluding tert-OH is 1.